The summed E-state index contributed by atoms with van der Waals surface area (Å²) in [6.45, 7) is 1.46. The van der Waals surface area contributed by atoms with Gasteiger partial charge in [-0.3, -0.25) is 9.59 Å². The number of hydrogen-bond acceptors (Lipinski definition) is 5. The van der Waals surface area contributed by atoms with E-state index in [2.05, 4.69) is 15.4 Å². The van der Waals surface area contributed by atoms with Crippen molar-refractivity contribution in [2.45, 2.75) is 6.92 Å². The molecule has 0 spiro atoms. The fourth-order valence-corrected chi connectivity index (χ4v) is 3.13. The van der Waals surface area contributed by atoms with Crippen molar-refractivity contribution in [1.82, 2.24) is 14.6 Å². The summed E-state index contributed by atoms with van der Waals surface area (Å²) in [5.74, 6) is 0.369. The maximum absolute atomic E-state index is 13.0. The molecule has 2 aromatic carbocycles. The molecule has 2 aromatic heterocycles. The van der Waals surface area contributed by atoms with E-state index in [1.807, 2.05) is 30.3 Å². The van der Waals surface area contributed by atoms with Crippen LogP contribution in [0.15, 0.2) is 67.0 Å². The molecule has 7 nitrogen and oxygen atoms in total. The van der Waals surface area contributed by atoms with Crippen LogP contribution in [0, 0.1) is 0 Å². The van der Waals surface area contributed by atoms with Gasteiger partial charge in [-0.15, -0.1) is 0 Å². The number of methoxy groups -OCH3 is 1. The second-order valence-electron chi connectivity index (χ2n) is 6.44. The summed E-state index contributed by atoms with van der Waals surface area (Å²) in [6, 6.07) is 16.1. The minimum Gasteiger partial charge on any atom is -0.497 e. The number of nitrogens with one attached hydrogen (secondary N) is 1. The molecule has 4 aromatic rings. The lowest BCUT2D eigenvalue weighted by molar-refractivity contribution is -0.114. The van der Waals surface area contributed by atoms with Crippen molar-refractivity contribution in [2.75, 3.05) is 12.4 Å². The van der Waals surface area contributed by atoms with Crippen LogP contribution in [0.3, 0.4) is 0 Å². The van der Waals surface area contributed by atoms with Gasteiger partial charge in [0.15, 0.2) is 11.4 Å². The Morgan fingerprint density at radius 2 is 1.86 bits per heavy atom. The summed E-state index contributed by atoms with van der Waals surface area (Å²) in [5.41, 5.74) is 3.69. The van der Waals surface area contributed by atoms with Crippen molar-refractivity contribution in [3.05, 3.63) is 78.1 Å². The Kier molecular flexibility index (Phi) is 4.78. The number of hydrogen-bond donors (Lipinski definition) is 1. The van der Waals surface area contributed by atoms with Gasteiger partial charge < -0.3 is 10.1 Å². The first-order chi connectivity index (χ1) is 14.1. The van der Waals surface area contributed by atoms with Crippen LogP contribution in [-0.4, -0.2) is 33.4 Å². The van der Waals surface area contributed by atoms with Crippen LogP contribution in [-0.2, 0) is 4.79 Å². The molecule has 0 fully saturated rings. The van der Waals surface area contributed by atoms with Crippen molar-refractivity contribution < 1.29 is 14.3 Å². The van der Waals surface area contributed by atoms with Crippen LogP contribution in [0.5, 0.6) is 5.75 Å². The molecule has 7 heteroatoms. The molecule has 0 bridgehead atoms. The lowest BCUT2D eigenvalue weighted by Gasteiger charge is -2.08. The number of benzene rings is 2. The molecule has 0 unspecified atom stereocenters. The lowest BCUT2D eigenvalue weighted by atomic mass is 10.1. The van der Waals surface area contributed by atoms with Gasteiger partial charge in [0.2, 0.25) is 5.91 Å². The van der Waals surface area contributed by atoms with Crippen LogP contribution >= 0.6 is 0 Å². The zero-order valence-electron chi connectivity index (χ0n) is 15.9. The quantitative estimate of drug-likeness (QED) is 0.530. The van der Waals surface area contributed by atoms with Crippen molar-refractivity contribution in [3.63, 3.8) is 0 Å². The summed E-state index contributed by atoms with van der Waals surface area (Å²) in [7, 11) is 1.58. The van der Waals surface area contributed by atoms with E-state index in [1.165, 1.54) is 13.1 Å². The molecular formula is C22H18N4O3. The maximum Gasteiger partial charge on any atom is 0.221 e. The van der Waals surface area contributed by atoms with E-state index in [4.69, 9.17) is 4.74 Å². The van der Waals surface area contributed by atoms with Gasteiger partial charge in [0.1, 0.15) is 5.75 Å². The Bertz CT molecular complexity index is 1210. The van der Waals surface area contributed by atoms with Crippen LogP contribution in [0.4, 0.5) is 5.69 Å². The van der Waals surface area contributed by atoms with Crippen molar-refractivity contribution in [1.29, 1.82) is 0 Å². The van der Waals surface area contributed by atoms with Gasteiger partial charge in [-0.05, 0) is 42.5 Å². The third-order valence-corrected chi connectivity index (χ3v) is 4.48. The lowest BCUT2D eigenvalue weighted by Crippen LogP contribution is -2.06. The highest BCUT2D eigenvalue weighted by Gasteiger charge is 2.18. The molecule has 0 aliphatic rings. The molecule has 0 saturated heterocycles. The Hall–Kier alpha value is -4.00. The standard InChI is InChI=1S/C22H18N4O3/c1-14(27)25-17-5-3-4-16(12-17)20-10-11-23-22-19(13-24-26(20)22)21(28)15-6-8-18(29-2)9-7-15/h3-13H,1-2H3,(H,25,27). The van der Waals surface area contributed by atoms with Crippen LogP contribution in [0.1, 0.15) is 22.8 Å². The van der Waals surface area contributed by atoms with E-state index in [9.17, 15) is 9.59 Å². The predicted octanol–water partition coefficient (Wildman–Crippen LogP) is 3.59. The summed E-state index contributed by atoms with van der Waals surface area (Å²) < 4.78 is 6.77. The molecule has 0 radical (unpaired) electrons. The predicted molar refractivity (Wildman–Crippen MR) is 109 cm³/mol. The van der Waals surface area contributed by atoms with Gasteiger partial charge >= 0.3 is 0 Å². The molecule has 1 amide bonds. The first-order valence-corrected chi connectivity index (χ1v) is 8.96. The molecule has 0 saturated carbocycles. The number of aromatic nitrogens is 3. The Labute approximate surface area is 167 Å². The fourth-order valence-electron chi connectivity index (χ4n) is 3.13. The average molecular weight is 386 g/mol. The van der Waals surface area contributed by atoms with E-state index >= 15 is 0 Å². The average Bonchev–Trinajstić information content (AvgIpc) is 3.17. The summed E-state index contributed by atoms with van der Waals surface area (Å²) in [4.78, 5) is 28.7. The number of amides is 1. The van der Waals surface area contributed by atoms with Crippen LogP contribution < -0.4 is 10.1 Å². The molecule has 1 N–H and O–H groups in total. The molecule has 0 atom stereocenters. The molecule has 144 valence electrons. The highest BCUT2D eigenvalue weighted by Crippen LogP contribution is 2.25. The molecule has 29 heavy (non-hydrogen) atoms. The van der Waals surface area contributed by atoms with Crippen LogP contribution in [0.25, 0.3) is 16.9 Å². The zero-order chi connectivity index (χ0) is 20.4. The summed E-state index contributed by atoms with van der Waals surface area (Å²) in [6.07, 6.45) is 3.16. The number of rotatable bonds is 5. The Balaban J connectivity index is 1.75. The Morgan fingerprint density at radius 1 is 1.07 bits per heavy atom. The van der Waals surface area contributed by atoms with Crippen molar-refractivity contribution in [3.8, 4) is 17.0 Å². The number of ketones is 1. The minimum absolute atomic E-state index is 0.145. The van der Waals surface area contributed by atoms with Gasteiger partial charge in [0.25, 0.3) is 0 Å². The third-order valence-electron chi connectivity index (χ3n) is 4.48. The highest BCUT2D eigenvalue weighted by molar-refractivity contribution is 6.12. The molecular weight excluding hydrogens is 368 g/mol. The SMILES string of the molecule is COc1ccc(C(=O)c2cnn3c(-c4cccc(NC(C)=O)c4)ccnc23)cc1. The number of carbonyl (C=O) groups excluding carboxylic acids is 2. The van der Waals surface area contributed by atoms with E-state index in [-0.39, 0.29) is 11.7 Å². The van der Waals surface area contributed by atoms with E-state index in [0.29, 0.717) is 28.2 Å². The fraction of sp³-hybridized carbons (Fsp3) is 0.0909. The number of ether oxygens (including phenoxy) is 1. The van der Waals surface area contributed by atoms with Crippen molar-refractivity contribution >= 4 is 23.0 Å². The summed E-state index contributed by atoms with van der Waals surface area (Å²) >= 11 is 0. The molecule has 4 rings (SSSR count). The van der Waals surface area contributed by atoms with Crippen LogP contribution in [0.2, 0.25) is 0 Å². The van der Waals surface area contributed by atoms with Gasteiger partial charge in [-0.2, -0.15) is 5.10 Å². The molecule has 0 aliphatic heterocycles. The second kappa shape index (κ2) is 7.55. The van der Waals surface area contributed by atoms with E-state index < -0.39 is 0 Å². The largest absolute Gasteiger partial charge is 0.497 e. The van der Waals surface area contributed by atoms with E-state index in [1.54, 1.807) is 42.1 Å². The number of fused-ring (bicyclic) bond motifs is 1. The monoisotopic (exact) mass is 386 g/mol. The Morgan fingerprint density at radius 3 is 2.59 bits per heavy atom. The number of nitrogens with zero attached hydrogens (tertiary/aromatic N) is 3. The first-order valence-electron chi connectivity index (χ1n) is 8.96. The highest BCUT2D eigenvalue weighted by atomic mass is 16.5. The molecule has 0 aliphatic carbocycles. The van der Waals surface area contributed by atoms with Gasteiger partial charge in [-0.25, -0.2) is 9.50 Å². The number of carbonyl (C=O) groups is 2. The number of anilines is 1. The zero-order valence-corrected chi connectivity index (χ0v) is 15.9. The minimum atomic E-state index is -0.167. The summed E-state index contributed by atoms with van der Waals surface area (Å²) in [5, 5.41) is 7.16. The maximum atomic E-state index is 13.0. The first kappa shape index (κ1) is 18.4. The van der Waals surface area contributed by atoms with Gasteiger partial charge in [0, 0.05) is 29.9 Å². The molecule has 2 heterocycles. The van der Waals surface area contributed by atoms with Gasteiger partial charge in [-0.1, -0.05) is 12.1 Å². The van der Waals surface area contributed by atoms with Crippen molar-refractivity contribution in [2.24, 2.45) is 0 Å². The topological polar surface area (TPSA) is 85.6 Å². The van der Waals surface area contributed by atoms with E-state index in [0.717, 1.165) is 11.3 Å². The third kappa shape index (κ3) is 3.58. The normalized spacial score (nSPS) is 10.7. The second-order valence-corrected chi connectivity index (χ2v) is 6.44. The smallest absolute Gasteiger partial charge is 0.221 e. The van der Waals surface area contributed by atoms with Gasteiger partial charge in [0.05, 0.1) is 24.6 Å².